The van der Waals surface area contributed by atoms with Gasteiger partial charge in [-0.25, -0.2) is 8.42 Å². The first kappa shape index (κ1) is 21.9. The van der Waals surface area contributed by atoms with Gasteiger partial charge < -0.3 is 15.4 Å². The molecule has 1 aliphatic heterocycles. The molecule has 132 valence electrons. The van der Waals surface area contributed by atoms with Crippen LogP contribution in [0, 0.1) is 0 Å². The first-order chi connectivity index (χ1) is 10.0. The minimum absolute atomic E-state index is 0. The average Bonchev–Trinajstić information content (AvgIpc) is 2.43. The third kappa shape index (κ3) is 11.4. The van der Waals surface area contributed by atoms with E-state index in [0.29, 0.717) is 12.5 Å². The maximum Gasteiger partial charge on any atom is 0.191 e. The van der Waals surface area contributed by atoms with Crippen LogP contribution in [-0.2, 0) is 14.6 Å². The van der Waals surface area contributed by atoms with Crippen LogP contribution in [0.2, 0.25) is 0 Å². The van der Waals surface area contributed by atoms with Crippen molar-refractivity contribution >= 4 is 39.8 Å². The van der Waals surface area contributed by atoms with Crippen LogP contribution >= 0.6 is 24.0 Å². The number of hydrogen-bond donors (Lipinski definition) is 2. The molecule has 0 atom stereocenters. The zero-order valence-electron chi connectivity index (χ0n) is 13.5. The van der Waals surface area contributed by atoms with E-state index in [1.165, 1.54) is 6.26 Å². The summed E-state index contributed by atoms with van der Waals surface area (Å²) in [4.78, 5) is 6.84. The van der Waals surface area contributed by atoms with Gasteiger partial charge in [0.2, 0.25) is 0 Å². The monoisotopic (exact) mass is 448 g/mol. The van der Waals surface area contributed by atoms with E-state index < -0.39 is 9.84 Å². The Balaban J connectivity index is 0.00000441. The van der Waals surface area contributed by atoms with Crippen molar-refractivity contribution in [3.05, 3.63) is 0 Å². The van der Waals surface area contributed by atoms with Gasteiger partial charge >= 0.3 is 0 Å². The largest absolute Gasteiger partial charge is 0.379 e. The van der Waals surface area contributed by atoms with E-state index >= 15 is 0 Å². The van der Waals surface area contributed by atoms with E-state index in [2.05, 4.69) is 20.5 Å². The van der Waals surface area contributed by atoms with E-state index in [0.717, 1.165) is 52.4 Å². The Morgan fingerprint density at radius 3 is 2.55 bits per heavy atom. The number of halogens is 1. The van der Waals surface area contributed by atoms with E-state index in [9.17, 15) is 8.42 Å². The summed E-state index contributed by atoms with van der Waals surface area (Å²) in [7, 11) is -2.94. The minimum Gasteiger partial charge on any atom is -0.379 e. The first-order valence-electron chi connectivity index (χ1n) is 7.51. The van der Waals surface area contributed by atoms with Gasteiger partial charge in [-0.1, -0.05) is 0 Å². The predicted octanol–water partition coefficient (Wildman–Crippen LogP) is -0.0736. The van der Waals surface area contributed by atoms with Crippen molar-refractivity contribution in [2.24, 2.45) is 4.99 Å². The fourth-order valence-corrected chi connectivity index (χ4v) is 2.48. The molecule has 0 unspecified atom stereocenters. The number of nitrogens with zero attached hydrogens (tertiary/aromatic N) is 2. The van der Waals surface area contributed by atoms with Gasteiger partial charge in [0, 0.05) is 45.5 Å². The summed E-state index contributed by atoms with van der Waals surface area (Å²) in [5.74, 6) is 0.800. The van der Waals surface area contributed by atoms with E-state index in [1.54, 1.807) is 0 Å². The highest BCUT2D eigenvalue weighted by Gasteiger charge is 2.09. The van der Waals surface area contributed by atoms with Crippen LogP contribution in [0.4, 0.5) is 0 Å². The number of rotatable bonds is 8. The highest BCUT2D eigenvalue weighted by Crippen LogP contribution is 1.98. The lowest BCUT2D eigenvalue weighted by Gasteiger charge is -2.26. The molecule has 7 nitrogen and oxygen atoms in total. The van der Waals surface area contributed by atoms with E-state index in [4.69, 9.17) is 4.74 Å². The third-order valence-corrected chi connectivity index (χ3v) is 4.06. The molecule has 0 radical (unpaired) electrons. The Kier molecular flexibility index (Phi) is 12.2. The van der Waals surface area contributed by atoms with Gasteiger partial charge in [0.15, 0.2) is 5.96 Å². The number of hydrogen-bond acceptors (Lipinski definition) is 5. The van der Waals surface area contributed by atoms with Crippen LogP contribution in [-0.4, -0.2) is 83.8 Å². The molecule has 0 bridgehead atoms. The SMILES string of the molecule is CCNC(=NCCCN1CCOCC1)NCCS(C)(=O)=O.I. The molecule has 9 heteroatoms. The Morgan fingerprint density at radius 1 is 1.27 bits per heavy atom. The Bertz CT molecular complexity index is 412. The molecule has 0 aromatic carbocycles. The zero-order valence-corrected chi connectivity index (χ0v) is 16.7. The second-order valence-corrected chi connectivity index (χ2v) is 7.38. The zero-order chi connectivity index (χ0) is 15.6. The molecule has 1 fully saturated rings. The van der Waals surface area contributed by atoms with Crippen LogP contribution in [0.25, 0.3) is 0 Å². The van der Waals surface area contributed by atoms with Gasteiger partial charge in [-0.3, -0.25) is 9.89 Å². The number of morpholine rings is 1. The van der Waals surface area contributed by atoms with Crippen LogP contribution < -0.4 is 10.6 Å². The molecule has 0 spiro atoms. The fourth-order valence-electron chi connectivity index (χ4n) is 2.01. The molecule has 1 rings (SSSR count). The summed E-state index contributed by atoms with van der Waals surface area (Å²) in [5.41, 5.74) is 0. The smallest absolute Gasteiger partial charge is 0.191 e. The summed E-state index contributed by atoms with van der Waals surface area (Å²) >= 11 is 0. The van der Waals surface area contributed by atoms with Gasteiger partial charge in [0.25, 0.3) is 0 Å². The van der Waals surface area contributed by atoms with Crippen LogP contribution in [0.1, 0.15) is 13.3 Å². The van der Waals surface area contributed by atoms with Crippen LogP contribution in [0.3, 0.4) is 0 Å². The number of nitrogens with one attached hydrogen (secondary N) is 2. The average molecular weight is 448 g/mol. The molecular formula is C13H29IN4O3S. The molecule has 1 aliphatic rings. The van der Waals surface area contributed by atoms with Gasteiger partial charge in [-0.15, -0.1) is 24.0 Å². The lowest BCUT2D eigenvalue weighted by molar-refractivity contribution is 0.0377. The molecule has 2 N–H and O–H groups in total. The maximum absolute atomic E-state index is 11.1. The highest BCUT2D eigenvalue weighted by atomic mass is 127. The molecule has 1 saturated heterocycles. The molecule has 0 aliphatic carbocycles. The number of sulfone groups is 1. The Hall–Kier alpha value is -0.130. The van der Waals surface area contributed by atoms with Crippen molar-refractivity contribution in [1.29, 1.82) is 0 Å². The summed E-state index contributed by atoms with van der Waals surface area (Å²) in [6.45, 7) is 8.51. The molecular weight excluding hydrogens is 419 g/mol. The van der Waals surface area contributed by atoms with Crippen molar-refractivity contribution in [1.82, 2.24) is 15.5 Å². The topological polar surface area (TPSA) is 83.0 Å². The van der Waals surface area contributed by atoms with Gasteiger partial charge in [0.1, 0.15) is 9.84 Å². The van der Waals surface area contributed by atoms with Crippen molar-refractivity contribution in [2.75, 3.05) is 64.5 Å². The first-order valence-corrected chi connectivity index (χ1v) is 9.57. The van der Waals surface area contributed by atoms with Crippen LogP contribution in [0.15, 0.2) is 4.99 Å². The second-order valence-electron chi connectivity index (χ2n) is 5.12. The number of ether oxygens (including phenoxy) is 1. The van der Waals surface area contributed by atoms with Crippen molar-refractivity contribution in [3.8, 4) is 0 Å². The fraction of sp³-hybridized carbons (Fsp3) is 0.923. The summed E-state index contributed by atoms with van der Waals surface area (Å²) in [6, 6.07) is 0. The maximum atomic E-state index is 11.1. The number of guanidine groups is 1. The van der Waals surface area contributed by atoms with Crippen molar-refractivity contribution in [3.63, 3.8) is 0 Å². The predicted molar refractivity (Wildman–Crippen MR) is 101 cm³/mol. The van der Waals surface area contributed by atoms with E-state index in [-0.39, 0.29) is 29.7 Å². The van der Waals surface area contributed by atoms with Crippen molar-refractivity contribution in [2.45, 2.75) is 13.3 Å². The normalized spacial score (nSPS) is 16.9. The summed E-state index contributed by atoms with van der Waals surface area (Å²) in [5, 5.41) is 6.16. The van der Waals surface area contributed by atoms with Crippen LogP contribution in [0.5, 0.6) is 0 Å². The number of aliphatic imine (C=N–C) groups is 1. The quantitative estimate of drug-likeness (QED) is 0.234. The summed E-state index contributed by atoms with van der Waals surface area (Å²) in [6.07, 6.45) is 2.23. The molecule has 0 saturated carbocycles. The highest BCUT2D eigenvalue weighted by molar-refractivity contribution is 14.0. The minimum atomic E-state index is -2.94. The molecule has 22 heavy (non-hydrogen) atoms. The lowest BCUT2D eigenvalue weighted by Crippen LogP contribution is -2.40. The van der Waals surface area contributed by atoms with Crippen molar-refractivity contribution < 1.29 is 13.2 Å². The van der Waals surface area contributed by atoms with Gasteiger partial charge in [-0.2, -0.15) is 0 Å². The third-order valence-electron chi connectivity index (χ3n) is 3.12. The lowest BCUT2D eigenvalue weighted by atomic mass is 10.3. The molecule has 0 aromatic rings. The van der Waals surface area contributed by atoms with Gasteiger partial charge in [-0.05, 0) is 13.3 Å². The Labute approximate surface area is 151 Å². The second kappa shape index (κ2) is 12.3. The molecule has 0 aromatic heterocycles. The van der Waals surface area contributed by atoms with E-state index in [1.807, 2.05) is 6.92 Å². The molecule has 0 amide bonds. The standard InChI is InChI=1S/C13H28N4O3S.HI/c1-3-14-13(16-6-12-21(2,18)19)15-5-4-7-17-8-10-20-11-9-17;/h3-12H2,1-2H3,(H2,14,15,16);1H. The Morgan fingerprint density at radius 2 is 1.95 bits per heavy atom. The molecule has 1 heterocycles. The summed E-state index contributed by atoms with van der Waals surface area (Å²) < 4.78 is 27.5. The van der Waals surface area contributed by atoms with Gasteiger partial charge in [0.05, 0.1) is 19.0 Å².